The second-order valence-electron chi connectivity index (χ2n) is 6.74. The number of ether oxygens (including phenoxy) is 4. The molecule has 0 bridgehead atoms. The van der Waals surface area contributed by atoms with Crippen molar-refractivity contribution in [1.29, 1.82) is 0 Å². The minimum Gasteiger partial charge on any atom is -0.466 e. The molecule has 10 heteroatoms. The molecular formula is C22H19N3O7. The third-order valence-electron chi connectivity index (χ3n) is 5.07. The van der Waals surface area contributed by atoms with Crippen LogP contribution in [0, 0.1) is 0 Å². The van der Waals surface area contributed by atoms with E-state index in [4.69, 9.17) is 18.9 Å². The van der Waals surface area contributed by atoms with E-state index in [0.717, 1.165) is 7.11 Å². The number of methoxy groups -OCH3 is 2. The Kier molecular flexibility index (Phi) is 5.43. The maximum Gasteiger partial charge on any atom is 0.344 e. The molecule has 1 aliphatic carbocycles. The fourth-order valence-corrected chi connectivity index (χ4v) is 3.88. The molecule has 0 radical (unpaired) electrons. The number of hydrogen-bond acceptors (Lipinski definition) is 10. The van der Waals surface area contributed by atoms with Crippen LogP contribution in [0.2, 0.25) is 0 Å². The predicted octanol–water partition coefficient (Wildman–Crippen LogP) is 1.34. The molecule has 0 saturated carbocycles. The lowest BCUT2D eigenvalue weighted by Crippen LogP contribution is -2.34. The molecular weight excluding hydrogens is 418 g/mol. The van der Waals surface area contributed by atoms with E-state index in [2.05, 4.69) is 15.0 Å². The first kappa shape index (κ1) is 21.2. The van der Waals surface area contributed by atoms with Gasteiger partial charge in [-0.2, -0.15) is 0 Å². The van der Waals surface area contributed by atoms with Gasteiger partial charge in [0.1, 0.15) is 29.1 Å². The van der Waals surface area contributed by atoms with Crippen molar-refractivity contribution in [2.24, 2.45) is 4.99 Å². The van der Waals surface area contributed by atoms with Crippen LogP contribution in [0.15, 0.2) is 52.8 Å². The number of esters is 3. The predicted molar refractivity (Wildman–Crippen MR) is 109 cm³/mol. The number of nitrogens with zero attached hydrogens (tertiary/aromatic N) is 3. The van der Waals surface area contributed by atoms with Crippen molar-refractivity contribution >= 4 is 23.8 Å². The summed E-state index contributed by atoms with van der Waals surface area (Å²) in [5.41, 5.74) is -0.0999. The zero-order valence-electron chi connectivity index (χ0n) is 17.6. The van der Waals surface area contributed by atoms with Crippen molar-refractivity contribution in [2.45, 2.75) is 12.5 Å². The Labute approximate surface area is 182 Å². The first-order chi connectivity index (χ1) is 15.5. The van der Waals surface area contributed by atoms with Crippen molar-refractivity contribution in [3.63, 3.8) is 0 Å². The lowest BCUT2D eigenvalue weighted by atomic mass is 9.88. The zero-order chi connectivity index (χ0) is 22.9. The van der Waals surface area contributed by atoms with Gasteiger partial charge in [-0.1, -0.05) is 12.1 Å². The molecule has 4 rings (SSSR count). The van der Waals surface area contributed by atoms with E-state index < -0.39 is 30.1 Å². The molecule has 2 aliphatic rings. The molecule has 1 aliphatic heterocycles. The average molecular weight is 437 g/mol. The summed E-state index contributed by atoms with van der Waals surface area (Å²) in [5, 5.41) is 0. The summed E-state index contributed by atoms with van der Waals surface area (Å²) >= 11 is 0. The molecule has 2 aromatic heterocycles. The second-order valence-corrected chi connectivity index (χ2v) is 6.74. The van der Waals surface area contributed by atoms with E-state index in [1.807, 2.05) is 0 Å². The molecule has 32 heavy (non-hydrogen) atoms. The normalized spacial score (nSPS) is 16.4. The lowest BCUT2D eigenvalue weighted by molar-refractivity contribution is -0.141. The van der Waals surface area contributed by atoms with Gasteiger partial charge in [0.25, 0.3) is 0 Å². The molecule has 0 N–H and O–H groups in total. The Morgan fingerprint density at radius 3 is 2.12 bits per heavy atom. The lowest BCUT2D eigenvalue weighted by Gasteiger charge is -2.26. The number of aromatic nitrogens is 2. The van der Waals surface area contributed by atoms with Gasteiger partial charge in [-0.05, 0) is 19.1 Å². The Balaban J connectivity index is 2.02. The van der Waals surface area contributed by atoms with Gasteiger partial charge in [-0.3, -0.25) is 14.8 Å². The molecule has 0 saturated heterocycles. The standard InChI is InChI=1S/C22H19N3O7/c1-4-31-14(26)11-25-19-15(20(27)29-2)16(21(28)30-3)22(32-19)17-12(7-5-9-23-17)13-8-6-10-24-18(13)22/h5-10H,4,11H2,1-3H3. The number of carbonyl (C=O) groups excluding carboxylic acids is 3. The van der Waals surface area contributed by atoms with E-state index in [0.29, 0.717) is 22.5 Å². The van der Waals surface area contributed by atoms with Crippen molar-refractivity contribution in [1.82, 2.24) is 9.97 Å². The number of fused-ring (bicyclic) bond motifs is 5. The Morgan fingerprint density at radius 2 is 1.59 bits per heavy atom. The van der Waals surface area contributed by atoms with Gasteiger partial charge in [-0.25, -0.2) is 14.6 Å². The summed E-state index contributed by atoms with van der Waals surface area (Å²) in [7, 11) is 2.34. The highest BCUT2D eigenvalue weighted by Gasteiger charge is 2.61. The topological polar surface area (TPSA) is 126 Å². The van der Waals surface area contributed by atoms with E-state index >= 15 is 0 Å². The van der Waals surface area contributed by atoms with Crippen LogP contribution < -0.4 is 0 Å². The quantitative estimate of drug-likeness (QED) is 0.503. The summed E-state index contributed by atoms with van der Waals surface area (Å²) < 4.78 is 21.0. The van der Waals surface area contributed by atoms with Gasteiger partial charge in [-0.15, -0.1) is 0 Å². The second kappa shape index (κ2) is 8.22. The van der Waals surface area contributed by atoms with E-state index in [-0.39, 0.29) is 23.7 Å². The monoisotopic (exact) mass is 437 g/mol. The van der Waals surface area contributed by atoms with Crippen molar-refractivity contribution < 1.29 is 33.3 Å². The highest BCUT2D eigenvalue weighted by Crippen LogP contribution is 2.55. The van der Waals surface area contributed by atoms with Gasteiger partial charge in [0, 0.05) is 23.5 Å². The van der Waals surface area contributed by atoms with E-state index in [1.54, 1.807) is 31.2 Å². The summed E-state index contributed by atoms with van der Waals surface area (Å²) in [6.07, 6.45) is 3.08. The van der Waals surface area contributed by atoms with Crippen molar-refractivity contribution in [3.8, 4) is 11.1 Å². The van der Waals surface area contributed by atoms with E-state index in [1.165, 1.54) is 19.5 Å². The van der Waals surface area contributed by atoms with E-state index in [9.17, 15) is 14.4 Å². The molecule has 2 aromatic rings. The maximum absolute atomic E-state index is 13.0. The zero-order valence-corrected chi connectivity index (χ0v) is 17.6. The SMILES string of the molecule is CCOC(=O)CN=C1OC2(C(C(=O)OC)=C1C(=O)OC)c1ncccc1-c1cccnc12. The number of aliphatic imine (C=N–C) groups is 1. The highest BCUT2D eigenvalue weighted by atomic mass is 16.6. The Morgan fingerprint density at radius 1 is 1.00 bits per heavy atom. The van der Waals surface area contributed by atoms with Crippen LogP contribution >= 0.6 is 0 Å². The molecule has 0 fully saturated rings. The van der Waals surface area contributed by atoms with Gasteiger partial charge >= 0.3 is 17.9 Å². The van der Waals surface area contributed by atoms with Crippen LogP contribution in [-0.2, 0) is 38.9 Å². The molecule has 0 amide bonds. The third kappa shape index (κ3) is 3.03. The molecule has 3 heterocycles. The van der Waals surface area contributed by atoms with Crippen LogP contribution in [0.4, 0.5) is 0 Å². The van der Waals surface area contributed by atoms with Crippen molar-refractivity contribution in [3.05, 3.63) is 59.2 Å². The first-order valence-corrected chi connectivity index (χ1v) is 9.71. The third-order valence-corrected chi connectivity index (χ3v) is 5.07. The number of pyridine rings is 2. The molecule has 164 valence electrons. The summed E-state index contributed by atoms with van der Waals surface area (Å²) in [6, 6.07) is 7.09. The van der Waals surface area contributed by atoms with Crippen LogP contribution in [0.1, 0.15) is 18.3 Å². The summed E-state index contributed by atoms with van der Waals surface area (Å²) in [5.74, 6) is -2.62. The number of rotatable bonds is 5. The van der Waals surface area contributed by atoms with Crippen LogP contribution in [0.5, 0.6) is 0 Å². The Hall–Kier alpha value is -4.08. The van der Waals surface area contributed by atoms with Crippen LogP contribution in [0.3, 0.4) is 0 Å². The minimum absolute atomic E-state index is 0.163. The highest BCUT2D eigenvalue weighted by molar-refractivity contribution is 6.24. The molecule has 1 spiro atoms. The summed E-state index contributed by atoms with van der Waals surface area (Å²) in [4.78, 5) is 50.7. The number of carbonyl (C=O) groups is 3. The van der Waals surface area contributed by atoms with Gasteiger partial charge in [0.05, 0.1) is 20.8 Å². The smallest absolute Gasteiger partial charge is 0.344 e. The van der Waals surface area contributed by atoms with Crippen molar-refractivity contribution in [2.75, 3.05) is 27.4 Å². The van der Waals surface area contributed by atoms with Gasteiger partial charge in [0.15, 0.2) is 0 Å². The number of hydrogen-bond donors (Lipinski definition) is 0. The molecule has 10 nitrogen and oxygen atoms in total. The first-order valence-electron chi connectivity index (χ1n) is 9.71. The fourth-order valence-electron chi connectivity index (χ4n) is 3.88. The van der Waals surface area contributed by atoms with Crippen LogP contribution in [0.25, 0.3) is 11.1 Å². The van der Waals surface area contributed by atoms with Gasteiger partial charge in [0.2, 0.25) is 11.5 Å². The van der Waals surface area contributed by atoms with Gasteiger partial charge < -0.3 is 18.9 Å². The molecule has 0 aromatic carbocycles. The summed E-state index contributed by atoms with van der Waals surface area (Å²) in [6.45, 7) is 1.39. The minimum atomic E-state index is -1.70. The van der Waals surface area contributed by atoms with Crippen LogP contribution in [-0.4, -0.2) is 61.1 Å². The molecule has 0 unspecified atom stereocenters. The Bertz CT molecular complexity index is 1140. The largest absolute Gasteiger partial charge is 0.466 e. The fraction of sp³-hybridized carbons (Fsp3) is 0.273. The molecule has 0 atom stereocenters. The average Bonchev–Trinajstić information content (AvgIpc) is 3.31. The maximum atomic E-state index is 13.0.